The Morgan fingerprint density at radius 2 is 1.76 bits per heavy atom. The fourth-order valence-electron chi connectivity index (χ4n) is 1.95. The Balaban J connectivity index is 2.40. The van der Waals surface area contributed by atoms with Gasteiger partial charge in [0.15, 0.2) is 0 Å². The molecule has 0 aliphatic heterocycles. The second-order valence-electron chi connectivity index (χ2n) is 4.61. The number of hydrogen-bond acceptors (Lipinski definition) is 1. The van der Waals surface area contributed by atoms with E-state index in [1.54, 1.807) is 6.07 Å². The monoisotopic (exact) mass is 406 g/mol. The minimum absolute atomic E-state index is 0.0868. The molecular formula is C16H14BrCl3O. The summed E-state index contributed by atoms with van der Waals surface area (Å²) in [5, 5.41) is 1.87. The molecule has 0 fully saturated rings. The lowest BCUT2D eigenvalue weighted by molar-refractivity contribution is 0.340. The normalized spacial score (nSPS) is 12.3. The fraction of sp³-hybridized carbons (Fsp3) is 0.250. The molecule has 5 heteroatoms. The minimum Gasteiger partial charge on any atom is -0.492 e. The van der Waals surface area contributed by atoms with Crippen LogP contribution in [0.5, 0.6) is 5.75 Å². The average molecular weight is 409 g/mol. The van der Waals surface area contributed by atoms with Crippen molar-refractivity contribution in [2.24, 2.45) is 0 Å². The molecule has 0 spiro atoms. The van der Waals surface area contributed by atoms with Gasteiger partial charge in [0, 0.05) is 16.1 Å². The van der Waals surface area contributed by atoms with Gasteiger partial charge < -0.3 is 4.74 Å². The molecule has 0 heterocycles. The summed E-state index contributed by atoms with van der Waals surface area (Å²) in [5.74, 6) is 0.592. The van der Waals surface area contributed by atoms with Gasteiger partial charge in [0.25, 0.3) is 0 Å². The molecule has 0 aliphatic rings. The summed E-state index contributed by atoms with van der Waals surface area (Å²) in [7, 11) is 0. The molecule has 1 nitrogen and oxygen atoms in total. The Hall–Kier alpha value is -0.410. The van der Waals surface area contributed by atoms with Crippen molar-refractivity contribution in [2.45, 2.75) is 18.7 Å². The van der Waals surface area contributed by atoms with E-state index in [0.717, 1.165) is 21.7 Å². The summed E-state index contributed by atoms with van der Waals surface area (Å²) in [6, 6.07) is 9.49. The number of rotatable bonds is 4. The summed E-state index contributed by atoms with van der Waals surface area (Å²) in [6.07, 6.45) is 0. The Kier molecular flexibility index (Phi) is 5.84. The van der Waals surface area contributed by atoms with Crippen LogP contribution in [0, 0.1) is 6.92 Å². The van der Waals surface area contributed by atoms with Crippen LogP contribution in [0.3, 0.4) is 0 Å². The van der Waals surface area contributed by atoms with E-state index < -0.39 is 0 Å². The summed E-state index contributed by atoms with van der Waals surface area (Å²) >= 11 is 22.4. The van der Waals surface area contributed by atoms with E-state index in [-0.39, 0.29) is 4.83 Å². The van der Waals surface area contributed by atoms with Gasteiger partial charge in [0.2, 0.25) is 0 Å². The van der Waals surface area contributed by atoms with Gasteiger partial charge in [-0.2, -0.15) is 0 Å². The molecule has 2 aromatic carbocycles. The molecule has 21 heavy (non-hydrogen) atoms. The highest BCUT2D eigenvalue weighted by Gasteiger charge is 2.17. The van der Waals surface area contributed by atoms with Crippen LogP contribution in [0.15, 0.2) is 30.3 Å². The average Bonchev–Trinajstić information content (AvgIpc) is 2.45. The van der Waals surface area contributed by atoms with Gasteiger partial charge in [0.05, 0.1) is 16.5 Å². The zero-order valence-electron chi connectivity index (χ0n) is 11.6. The van der Waals surface area contributed by atoms with Crippen LogP contribution in [0.2, 0.25) is 15.1 Å². The number of ether oxygens (including phenoxy) is 1. The van der Waals surface area contributed by atoms with Gasteiger partial charge in [-0.15, -0.1) is 0 Å². The van der Waals surface area contributed by atoms with Crippen molar-refractivity contribution in [3.05, 3.63) is 62.1 Å². The zero-order chi connectivity index (χ0) is 15.6. The Labute approximate surface area is 148 Å². The molecule has 0 aromatic heterocycles. The van der Waals surface area contributed by atoms with E-state index >= 15 is 0 Å². The standard InChI is InChI=1S/C16H14BrCl3O/c1-3-21-15-8-13(19)11(7-14(15)20)16(17)10-5-4-9(2)12(18)6-10/h4-8,16H,3H2,1-2H3. The zero-order valence-corrected chi connectivity index (χ0v) is 15.4. The molecule has 1 unspecified atom stereocenters. The molecule has 0 saturated carbocycles. The van der Waals surface area contributed by atoms with E-state index in [9.17, 15) is 0 Å². The van der Waals surface area contributed by atoms with E-state index in [2.05, 4.69) is 15.9 Å². The maximum absolute atomic E-state index is 6.35. The lowest BCUT2D eigenvalue weighted by Crippen LogP contribution is -1.98. The van der Waals surface area contributed by atoms with Crippen LogP contribution in [0.25, 0.3) is 0 Å². The van der Waals surface area contributed by atoms with Gasteiger partial charge in [-0.05, 0) is 42.7 Å². The molecular weight excluding hydrogens is 394 g/mol. The van der Waals surface area contributed by atoms with Gasteiger partial charge in [0.1, 0.15) is 5.75 Å². The van der Waals surface area contributed by atoms with Crippen molar-refractivity contribution in [3.8, 4) is 5.75 Å². The lowest BCUT2D eigenvalue weighted by Gasteiger charge is -2.16. The van der Waals surface area contributed by atoms with Crippen LogP contribution >= 0.6 is 50.7 Å². The summed E-state index contributed by atoms with van der Waals surface area (Å²) in [4.78, 5) is -0.0868. The topological polar surface area (TPSA) is 9.23 Å². The molecule has 2 aromatic rings. The number of aryl methyl sites for hydroxylation is 1. The van der Waals surface area contributed by atoms with Crippen molar-refractivity contribution < 1.29 is 4.74 Å². The number of halogens is 4. The second-order valence-corrected chi connectivity index (χ2v) is 6.75. The molecule has 0 N–H and O–H groups in total. The first-order chi connectivity index (χ1) is 9.93. The lowest BCUT2D eigenvalue weighted by atomic mass is 10.0. The third-order valence-corrected chi connectivity index (χ3v) is 5.16. The van der Waals surface area contributed by atoms with Crippen LogP contribution in [-0.4, -0.2) is 6.61 Å². The SMILES string of the molecule is CCOc1cc(Cl)c(C(Br)c2ccc(C)c(Cl)c2)cc1Cl. The minimum atomic E-state index is -0.0868. The van der Waals surface area contributed by atoms with Crippen LogP contribution < -0.4 is 4.74 Å². The molecule has 0 aliphatic carbocycles. The van der Waals surface area contributed by atoms with Crippen LogP contribution in [0.4, 0.5) is 0 Å². The third kappa shape index (κ3) is 3.87. The predicted octanol–water partition coefficient (Wildman–Crippen LogP) is 6.84. The predicted molar refractivity (Wildman–Crippen MR) is 94.6 cm³/mol. The third-order valence-electron chi connectivity index (χ3n) is 3.11. The maximum Gasteiger partial charge on any atom is 0.139 e. The second kappa shape index (κ2) is 7.23. The fourth-order valence-corrected chi connectivity index (χ4v) is 3.42. The number of alkyl halides is 1. The van der Waals surface area contributed by atoms with Crippen molar-refractivity contribution in [3.63, 3.8) is 0 Å². The highest BCUT2D eigenvalue weighted by Crippen LogP contribution is 2.40. The van der Waals surface area contributed by atoms with Crippen LogP contribution in [-0.2, 0) is 0 Å². The molecule has 0 saturated heterocycles. The van der Waals surface area contributed by atoms with Crippen molar-refractivity contribution in [1.29, 1.82) is 0 Å². The van der Waals surface area contributed by atoms with Gasteiger partial charge in [-0.3, -0.25) is 0 Å². The number of hydrogen-bond donors (Lipinski definition) is 0. The Bertz CT molecular complexity index is 658. The van der Waals surface area contributed by atoms with Crippen molar-refractivity contribution in [2.75, 3.05) is 6.61 Å². The molecule has 2 rings (SSSR count). The molecule has 0 bridgehead atoms. The highest BCUT2D eigenvalue weighted by molar-refractivity contribution is 9.09. The number of benzene rings is 2. The Morgan fingerprint density at radius 1 is 1.05 bits per heavy atom. The van der Waals surface area contributed by atoms with Crippen molar-refractivity contribution in [1.82, 2.24) is 0 Å². The highest BCUT2D eigenvalue weighted by atomic mass is 79.9. The summed E-state index contributed by atoms with van der Waals surface area (Å²) in [5.41, 5.74) is 2.94. The first-order valence-corrected chi connectivity index (χ1v) is 8.50. The maximum atomic E-state index is 6.35. The molecule has 0 radical (unpaired) electrons. The first-order valence-electron chi connectivity index (χ1n) is 6.46. The van der Waals surface area contributed by atoms with E-state index in [4.69, 9.17) is 39.5 Å². The Morgan fingerprint density at radius 3 is 2.38 bits per heavy atom. The molecule has 0 amide bonds. The molecule has 1 atom stereocenters. The van der Waals surface area contributed by atoms with Crippen LogP contribution in [0.1, 0.15) is 28.4 Å². The van der Waals surface area contributed by atoms with E-state index in [0.29, 0.717) is 22.4 Å². The summed E-state index contributed by atoms with van der Waals surface area (Å²) in [6.45, 7) is 4.41. The molecule has 112 valence electrons. The van der Waals surface area contributed by atoms with Gasteiger partial charge >= 0.3 is 0 Å². The largest absolute Gasteiger partial charge is 0.492 e. The quantitative estimate of drug-likeness (QED) is 0.503. The first kappa shape index (κ1) is 17.0. The van der Waals surface area contributed by atoms with E-state index in [1.165, 1.54) is 0 Å². The smallest absolute Gasteiger partial charge is 0.139 e. The van der Waals surface area contributed by atoms with Gasteiger partial charge in [-0.1, -0.05) is 62.9 Å². The van der Waals surface area contributed by atoms with Gasteiger partial charge in [-0.25, -0.2) is 0 Å². The van der Waals surface area contributed by atoms with Crippen molar-refractivity contribution >= 4 is 50.7 Å². The van der Waals surface area contributed by atoms with E-state index in [1.807, 2.05) is 38.1 Å². The summed E-state index contributed by atoms with van der Waals surface area (Å²) < 4.78 is 5.44.